The maximum Gasteiger partial charge on any atom is 0.251 e. The molecule has 0 bridgehead atoms. The van der Waals surface area contributed by atoms with Crippen LogP contribution in [-0.2, 0) is 16.1 Å². The van der Waals surface area contributed by atoms with Crippen LogP contribution < -0.4 is 15.0 Å². The molecule has 156 valence electrons. The molecule has 2 unspecified atom stereocenters. The van der Waals surface area contributed by atoms with E-state index in [1.807, 2.05) is 13.0 Å². The molecule has 0 saturated carbocycles. The minimum Gasteiger partial charge on any atom is -0.495 e. The number of rotatable bonds is 9. The van der Waals surface area contributed by atoms with Gasteiger partial charge in [-0.2, -0.15) is 0 Å². The fraction of sp³-hybridized carbons (Fsp3) is 0.364. The maximum absolute atomic E-state index is 12.8. The van der Waals surface area contributed by atoms with Gasteiger partial charge in [0.05, 0.1) is 18.8 Å². The minimum atomic E-state index is -1.42. The highest BCUT2D eigenvalue weighted by atomic mass is 35.5. The molecule has 2 atom stereocenters. The SMILES string of the molecule is CCCC(=O)N(c1ccccc1OC)C(C)C(O)C(=O)NCc1cccc(Cl)c1. The smallest absolute Gasteiger partial charge is 0.251 e. The van der Waals surface area contributed by atoms with Crippen LogP contribution in [0.1, 0.15) is 32.3 Å². The minimum absolute atomic E-state index is 0.189. The number of aliphatic hydroxyl groups is 1. The monoisotopic (exact) mass is 418 g/mol. The zero-order valence-electron chi connectivity index (χ0n) is 16.9. The molecule has 2 rings (SSSR count). The summed E-state index contributed by atoms with van der Waals surface area (Å²) in [6.07, 6.45) is -0.479. The van der Waals surface area contributed by atoms with Crippen molar-refractivity contribution in [2.75, 3.05) is 12.0 Å². The number of nitrogens with zero attached hydrogens (tertiary/aromatic N) is 1. The Bertz CT molecular complexity index is 843. The van der Waals surface area contributed by atoms with E-state index in [0.717, 1.165) is 5.56 Å². The molecule has 2 aromatic carbocycles. The topological polar surface area (TPSA) is 78.9 Å². The number of hydrogen-bond donors (Lipinski definition) is 2. The standard InChI is InChI=1S/C22H27ClN2O4/c1-4-8-20(26)25(18-11-5-6-12-19(18)29-3)15(2)21(27)22(28)24-14-16-9-7-10-17(23)13-16/h5-7,9-13,15,21,27H,4,8,14H2,1-3H3,(H,24,28). The summed E-state index contributed by atoms with van der Waals surface area (Å²) in [6.45, 7) is 3.77. The molecule has 29 heavy (non-hydrogen) atoms. The average molecular weight is 419 g/mol. The van der Waals surface area contributed by atoms with Crippen LogP contribution in [-0.4, -0.2) is 36.2 Å². The van der Waals surface area contributed by atoms with Crippen molar-refractivity contribution in [1.29, 1.82) is 0 Å². The van der Waals surface area contributed by atoms with Gasteiger partial charge in [0.2, 0.25) is 5.91 Å². The first-order valence-electron chi connectivity index (χ1n) is 9.54. The van der Waals surface area contributed by atoms with E-state index in [-0.39, 0.29) is 12.5 Å². The summed E-state index contributed by atoms with van der Waals surface area (Å²) in [5.41, 5.74) is 1.33. The molecule has 0 aliphatic heterocycles. The molecule has 6 nitrogen and oxygen atoms in total. The normalized spacial score (nSPS) is 12.7. The third-order valence-electron chi connectivity index (χ3n) is 4.57. The van der Waals surface area contributed by atoms with Crippen LogP contribution in [0.2, 0.25) is 5.02 Å². The predicted molar refractivity (Wildman–Crippen MR) is 114 cm³/mol. The molecule has 0 aliphatic rings. The van der Waals surface area contributed by atoms with Crippen molar-refractivity contribution in [1.82, 2.24) is 5.32 Å². The first kappa shape index (κ1) is 22.7. The van der Waals surface area contributed by atoms with Gasteiger partial charge < -0.3 is 20.1 Å². The number of hydrogen-bond acceptors (Lipinski definition) is 4. The fourth-order valence-corrected chi connectivity index (χ4v) is 3.26. The molecule has 2 N–H and O–H groups in total. The van der Waals surface area contributed by atoms with Crippen molar-refractivity contribution in [2.45, 2.75) is 45.4 Å². The lowest BCUT2D eigenvalue weighted by molar-refractivity contribution is -0.131. The summed E-state index contributed by atoms with van der Waals surface area (Å²) in [5.74, 6) is -0.261. The lowest BCUT2D eigenvalue weighted by atomic mass is 10.1. The summed E-state index contributed by atoms with van der Waals surface area (Å²) in [4.78, 5) is 26.8. The van der Waals surface area contributed by atoms with Gasteiger partial charge in [0, 0.05) is 18.0 Å². The molecular weight excluding hydrogens is 392 g/mol. The lowest BCUT2D eigenvalue weighted by Crippen LogP contribution is -2.51. The van der Waals surface area contributed by atoms with Crippen molar-refractivity contribution >= 4 is 29.1 Å². The van der Waals surface area contributed by atoms with Crippen LogP contribution in [0.25, 0.3) is 0 Å². The Hall–Kier alpha value is -2.57. The van der Waals surface area contributed by atoms with Gasteiger partial charge in [-0.15, -0.1) is 0 Å². The number of methoxy groups -OCH3 is 1. The van der Waals surface area contributed by atoms with Crippen LogP contribution in [0.3, 0.4) is 0 Å². The molecule has 7 heteroatoms. The molecule has 2 amide bonds. The number of carbonyl (C=O) groups excluding carboxylic acids is 2. The summed E-state index contributed by atoms with van der Waals surface area (Å²) in [7, 11) is 1.51. The lowest BCUT2D eigenvalue weighted by Gasteiger charge is -2.33. The van der Waals surface area contributed by atoms with Crippen molar-refractivity contribution in [3.8, 4) is 5.75 Å². The number of para-hydroxylation sites is 2. The Labute approximate surface area is 176 Å². The number of amides is 2. The third-order valence-corrected chi connectivity index (χ3v) is 4.80. The van der Waals surface area contributed by atoms with E-state index < -0.39 is 18.1 Å². The Balaban J connectivity index is 2.19. The van der Waals surface area contributed by atoms with Crippen LogP contribution in [0.15, 0.2) is 48.5 Å². The van der Waals surface area contributed by atoms with Gasteiger partial charge in [0.1, 0.15) is 5.75 Å². The van der Waals surface area contributed by atoms with Crippen molar-refractivity contribution in [3.05, 3.63) is 59.1 Å². The largest absolute Gasteiger partial charge is 0.495 e. The number of nitrogens with one attached hydrogen (secondary N) is 1. The zero-order valence-corrected chi connectivity index (χ0v) is 17.6. The molecule has 0 aromatic heterocycles. The third kappa shape index (κ3) is 5.95. The van der Waals surface area contributed by atoms with Crippen LogP contribution >= 0.6 is 11.6 Å². The fourth-order valence-electron chi connectivity index (χ4n) is 3.04. The first-order chi connectivity index (χ1) is 13.9. The van der Waals surface area contributed by atoms with Gasteiger partial charge in [0.15, 0.2) is 6.10 Å². The number of benzene rings is 2. The molecule has 0 radical (unpaired) electrons. The number of ether oxygens (including phenoxy) is 1. The van der Waals surface area contributed by atoms with Gasteiger partial charge in [-0.05, 0) is 43.2 Å². The van der Waals surface area contributed by atoms with Gasteiger partial charge in [0.25, 0.3) is 5.91 Å². The number of halogens is 1. The Morgan fingerprint density at radius 3 is 2.59 bits per heavy atom. The van der Waals surface area contributed by atoms with Crippen molar-refractivity contribution < 1.29 is 19.4 Å². The quantitative estimate of drug-likeness (QED) is 0.652. The van der Waals surface area contributed by atoms with Crippen LogP contribution in [0.5, 0.6) is 5.75 Å². The molecule has 0 aliphatic carbocycles. The molecule has 0 saturated heterocycles. The number of carbonyl (C=O) groups is 2. The Morgan fingerprint density at radius 2 is 1.93 bits per heavy atom. The van der Waals surface area contributed by atoms with Crippen LogP contribution in [0.4, 0.5) is 5.69 Å². The van der Waals surface area contributed by atoms with E-state index >= 15 is 0 Å². The summed E-state index contributed by atoms with van der Waals surface area (Å²) in [5, 5.41) is 13.9. The van der Waals surface area contributed by atoms with Crippen LogP contribution in [0, 0.1) is 0 Å². The Kier molecular flexibility index (Phi) is 8.49. The van der Waals surface area contributed by atoms with Crippen molar-refractivity contribution in [2.24, 2.45) is 0 Å². The van der Waals surface area contributed by atoms with E-state index in [1.165, 1.54) is 12.0 Å². The van der Waals surface area contributed by atoms with E-state index in [0.29, 0.717) is 29.3 Å². The zero-order chi connectivity index (χ0) is 21.4. The maximum atomic E-state index is 12.8. The van der Waals surface area contributed by atoms with Gasteiger partial charge in [-0.3, -0.25) is 9.59 Å². The second kappa shape index (κ2) is 10.8. The van der Waals surface area contributed by atoms with Gasteiger partial charge in [-0.1, -0.05) is 42.8 Å². The number of aliphatic hydroxyl groups excluding tert-OH is 1. The summed E-state index contributed by atoms with van der Waals surface area (Å²) < 4.78 is 5.37. The average Bonchev–Trinajstić information content (AvgIpc) is 2.72. The van der Waals surface area contributed by atoms with E-state index in [2.05, 4.69) is 5.32 Å². The molecule has 0 fully saturated rings. The predicted octanol–water partition coefficient (Wildman–Crippen LogP) is 3.55. The molecule has 0 heterocycles. The van der Waals surface area contributed by atoms with Crippen molar-refractivity contribution in [3.63, 3.8) is 0 Å². The highest BCUT2D eigenvalue weighted by Gasteiger charge is 2.32. The summed E-state index contributed by atoms with van der Waals surface area (Å²) >= 11 is 5.96. The second-order valence-electron chi connectivity index (χ2n) is 6.72. The number of anilines is 1. The highest BCUT2D eigenvalue weighted by Crippen LogP contribution is 2.30. The molecule has 2 aromatic rings. The molecule has 0 spiro atoms. The summed E-state index contributed by atoms with van der Waals surface area (Å²) in [6, 6.07) is 13.4. The van der Waals surface area contributed by atoms with Gasteiger partial charge in [-0.25, -0.2) is 0 Å². The van der Waals surface area contributed by atoms with E-state index in [9.17, 15) is 14.7 Å². The van der Waals surface area contributed by atoms with Gasteiger partial charge >= 0.3 is 0 Å². The second-order valence-corrected chi connectivity index (χ2v) is 7.16. The van der Waals surface area contributed by atoms with E-state index in [1.54, 1.807) is 49.4 Å². The first-order valence-corrected chi connectivity index (χ1v) is 9.92. The van der Waals surface area contributed by atoms with E-state index in [4.69, 9.17) is 16.3 Å². The molecular formula is C22H27ClN2O4. The Morgan fingerprint density at radius 1 is 1.21 bits per heavy atom. The highest BCUT2D eigenvalue weighted by molar-refractivity contribution is 6.30.